The minimum atomic E-state index is 0.0302. The van der Waals surface area contributed by atoms with Crippen LogP contribution in [0.4, 0.5) is 0 Å². The molecule has 1 aromatic rings. The van der Waals surface area contributed by atoms with E-state index in [1.165, 1.54) is 0 Å². The van der Waals surface area contributed by atoms with E-state index in [-0.39, 0.29) is 11.9 Å². The third kappa shape index (κ3) is 2.41. The van der Waals surface area contributed by atoms with Crippen LogP contribution in [-0.2, 0) is 11.3 Å². The van der Waals surface area contributed by atoms with Gasteiger partial charge in [0.1, 0.15) is 0 Å². The Balaban J connectivity index is 1.81. The van der Waals surface area contributed by atoms with Gasteiger partial charge >= 0.3 is 0 Å². The number of nitrogens with zero attached hydrogens (tertiary/aromatic N) is 3. The summed E-state index contributed by atoms with van der Waals surface area (Å²) in [7, 11) is 0. The summed E-state index contributed by atoms with van der Waals surface area (Å²) >= 11 is 0. The van der Waals surface area contributed by atoms with Gasteiger partial charge < -0.3 is 10.2 Å². The van der Waals surface area contributed by atoms with Crippen LogP contribution in [0.5, 0.6) is 0 Å². The number of hydrogen-bond acceptors (Lipinski definition) is 3. The second kappa shape index (κ2) is 5.12. The van der Waals surface area contributed by atoms with E-state index in [2.05, 4.69) is 10.4 Å². The lowest BCUT2D eigenvalue weighted by atomic mass is 10.2. The van der Waals surface area contributed by atoms with E-state index in [0.717, 1.165) is 32.6 Å². The Morgan fingerprint density at radius 2 is 2.44 bits per heavy atom. The molecule has 0 aliphatic carbocycles. The smallest absolute Gasteiger partial charge is 0.239 e. The lowest BCUT2D eigenvalue weighted by Crippen LogP contribution is -2.39. The van der Waals surface area contributed by atoms with E-state index in [1.807, 2.05) is 28.8 Å². The highest BCUT2D eigenvalue weighted by molar-refractivity contribution is 5.83. The molecule has 1 amide bonds. The maximum absolute atomic E-state index is 11.9. The van der Waals surface area contributed by atoms with E-state index in [4.69, 9.17) is 0 Å². The van der Waals surface area contributed by atoms with Crippen LogP contribution in [0.2, 0.25) is 0 Å². The summed E-state index contributed by atoms with van der Waals surface area (Å²) in [5.74, 6) is 0.231. The summed E-state index contributed by atoms with van der Waals surface area (Å²) in [6.07, 6.45) is 4.60. The van der Waals surface area contributed by atoms with Crippen molar-refractivity contribution in [3.63, 3.8) is 0 Å². The Labute approximate surface area is 95.4 Å². The molecule has 0 spiro atoms. The molecule has 0 radical (unpaired) electrons. The summed E-state index contributed by atoms with van der Waals surface area (Å²) in [6, 6.07) is 1.93. The average molecular weight is 222 g/mol. The fourth-order valence-corrected chi connectivity index (χ4v) is 2.05. The molecule has 1 aromatic heterocycles. The molecule has 1 aliphatic rings. The highest BCUT2D eigenvalue weighted by Crippen LogP contribution is 2.10. The molecule has 88 valence electrons. The van der Waals surface area contributed by atoms with E-state index in [9.17, 15) is 4.79 Å². The Bertz CT molecular complexity index is 336. The van der Waals surface area contributed by atoms with Crippen LogP contribution in [0.15, 0.2) is 18.5 Å². The van der Waals surface area contributed by atoms with Crippen LogP contribution >= 0.6 is 0 Å². The Morgan fingerprint density at radius 1 is 1.56 bits per heavy atom. The molecule has 5 heteroatoms. The first-order valence-electron chi connectivity index (χ1n) is 5.81. The van der Waals surface area contributed by atoms with Gasteiger partial charge in [-0.2, -0.15) is 5.10 Å². The third-order valence-electron chi connectivity index (χ3n) is 2.91. The Morgan fingerprint density at radius 3 is 3.12 bits per heavy atom. The van der Waals surface area contributed by atoms with Crippen LogP contribution in [-0.4, -0.2) is 46.3 Å². The standard InChI is InChI=1S/C11H18N4O/c1-2-12-10-4-7-14(11(10)16)8-9-15-6-3-5-13-15/h3,5-6,10,12H,2,4,7-9H2,1H3. The van der Waals surface area contributed by atoms with Crippen molar-refractivity contribution in [2.75, 3.05) is 19.6 Å². The van der Waals surface area contributed by atoms with Crippen LogP contribution in [0.3, 0.4) is 0 Å². The zero-order chi connectivity index (χ0) is 11.4. The van der Waals surface area contributed by atoms with Gasteiger partial charge in [-0.3, -0.25) is 9.48 Å². The molecule has 2 rings (SSSR count). The minimum Gasteiger partial charge on any atom is -0.339 e. The summed E-state index contributed by atoms with van der Waals surface area (Å²) in [5.41, 5.74) is 0. The van der Waals surface area contributed by atoms with Gasteiger partial charge in [-0.25, -0.2) is 0 Å². The predicted molar refractivity (Wildman–Crippen MR) is 60.9 cm³/mol. The van der Waals surface area contributed by atoms with E-state index < -0.39 is 0 Å². The van der Waals surface area contributed by atoms with Crippen molar-refractivity contribution in [3.8, 4) is 0 Å². The number of aromatic nitrogens is 2. The van der Waals surface area contributed by atoms with Crippen molar-refractivity contribution in [3.05, 3.63) is 18.5 Å². The molecule has 0 bridgehead atoms. The Kier molecular flexibility index (Phi) is 3.56. The quantitative estimate of drug-likeness (QED) is 0.768. The molecule has 0 aromatic carbocycles. The molecule has 5 nitrogen and oxygen atoms in total. The molecule has 0 saturated carbocycles. The largest absolute Gasteiger partial charge is 0.339 e. The Hall–Kier alpha value is -1.36. The van der Waals surface area contributed by atoms with Gasteiger partial charge in [0.25, 0.3) is 0 Å². The van der Waals surface area contributed by atoms with Gasteiger partial charge in [0.2, 0.25) is 5.91 Å². The first-order chi connectivity index (χ1) is 7.81. The molecule has 2 heterocycles. The number of carbonyl (C=O) groups excluding carboxylic acids is 1. The van der Waals surface area contributed by atoms with Crippen LogP contribution in [0.1, 0.15) is 13.3 Å². The maximum atomic E-state index is 11.9. The fraction of sp³-hybridized carbons (Fsp3) is 0.636. The number of carbonyl (C=O) groups is 1. The SMILES string of the molecule is CCNC1CCN(CCn2cccn2)C1=O. The van der Waals surface area contributed by atoms with E-state index in [1.54, 1.807) is 6.20 Å². The molecular formula is C11H18N4O. The van der Waals surface area contributed by atoms with Crippen LogP contribution in [0.25, 0.3) is 0 Å². The zero-order valence-corrected chi connectivity index (χ0v) is 9.59. The number of hydrogen-bond donors (Lipinski definition) is 1. The monoisotopic (exact) mass is 222 g/mol. The highest BCUT2D eigenvalue weighted by Gasteiger charge is 2.30. The molecule has 1 saturated heterocycles. The maximum Gasteiger partial charge on any atom is 0.239 e. The van der Waals surface area contributed by atoms with Gasteiger partial charge in [0.05, 0.1) is 12.6 Å². The molecule has 1 N–H and O–H groups in total. The van der Waals surface area contributed by atoms with Crippen molar-refractivity contribution in [2.24, 2.45) is 0 Å². The minimum absolute atomic E-state index is 0.0302. The summed E-state index contributed by atoms with van der Waals surface area (Å²) in [6.45, 7) is 5.26. The van der Waals surface area contributed by atoms with Crippen molar-refractivity contribution in [1.82, 2.24) is 20.0 Å². The van der Waals surface area contributed by atoms with Crippen LogP contribution < -0.4 is 5.32 Å². The molecule has 16 heavy (non-hydrogen) atoms. The van der Waals surface area contributed by atoms with Gasteiger partial charge in [-0.15, -0.1) is 0 Å². The normalized spacial score (nSPS) is 20.7. The van der Waals surface area contributed by atoms with Crippen molar-refractivity contribution < 1.29 is 4.79 Å². The second-order valence-electron chi connectivity index (χ2n) is 3.99. The molecule has 1 fully saturated rings. The summed E-state index contributed by atoms with van der Waals surface area (Å²) < 4.78 is 1.86. The third-order valence-corrected chi connectivity index (χ3v) is 2.91. The molecule has 1 unspecified atom stereocenters. The fourth-order valence-electron chi connectivity index (χ4n) is 2.05. The summed E-state index contributed by atoms with van der Waals surface area (Å²) in [4.78, 5) is 13.8. The van der Waals surface area contributed by atoms with E-state index in [0.29, 0.717) is 0 Å². The summed E-state index contributed by atoms with van der Waals surface area (Å²) in [5, 5.41) is 7.32. The molecule has 1 aliphatic heterocycles. The first-order valence-corrected chi connectivity index (χ1v) is 5.81. The van der Waals surface area contributed by atoms with Gasteiger partial charge in [-0.1, -0.05) is 6.92 Å². The number of likely N-dealkylation sites (tertiary alicyclic amines) is 1. The first kappa shape index (κ1) is 11.1. The predicted octanol–water partition coefficient (Wildman–Crippen LogP) is 0.0935. The highest BCUT2D eigenvalue weighted by atomic mass is 16.2. The molecular weight excluding hydrogens is 204 g/mol. The van der Waals surface area contributed by atoms with Gasteiger partial charge in [-0.05, 0) is 19.0 Å². The number of rotatable bonds is 5. The van der Waals surface area contributed by atoms with Gasteiger partial charge in [0.15, 0.2) is 0 Å². The topological polar surface area (TPSA) is 50.2 Å². The van der Waals surface area contributed by atoms with Gasteiger partial charge in [0, 0.05) is 25.5 Å². The lowest BCUT2D eigenvalue weighted by Gasteiger charge is -2.16. The van der Waals surface area contributed by atoms with Crippen LogP contribution in [0, 0.1) is 0 Å². The van der Waals surface area contributed by atoms with Crippen molar-refractivity contribution in [2.45, 2.75) is 25.9 Å². The number of nitrogens with one attached hydrogen (secondary N) is 1. The molecule has 1 atom stereocenters. The second-order valence-corrected chi connectivity index (χ2v) is 3.99. The number of amides is 1. The average Bonchev–Trinajstić information content (AvgIpc) is 2.89. The lowest BCUT2D eigenvalue weighted by molar-refractivity contribution is -0.129. The van der Waals surface area contributed by atoms with Crippen molar-refractivity contribution >= 4 is 5.91 Å². The van der Waals surface area contributed by atoms with Crippen molar-refractivity contribution in [1.29, 1.82) is 0 Å². The zero-order valence-electron chi connectivity index (χ0n) is 9.59. The van der Waals surface area contributed by atoms with E-state index >= 15 is 0 Å². The number of likely N-dealkylation sites (N-methyl/N-ethyl adjacent to an activating group) is 1.